The minimum absolute atomic E-state index is 0.123. The van der Waals surface area contributed by atoms with Crippen molar-refractivity contribution in [2.75, 3.05) is 44.7 Å². The predicted octanol–water partition coefficient (Wildman–Crippen LogP) is 1.32. The summed E-state index contributed by atoms with van der Waals surface area (Å²) >= 11 is 0. The number of rotatable bonds is 9. The molecule has 0 aliphatic carbocycles. The van der Waals surface area contributed by atoms with Crippen LogP contribution < -0.4 is 5.32 Å². The van der Waals surface area contributed by atoms with Crippen molar-refractivity contribution < 1.29 is 10.2 Å². The van der Waals surface area contributed by atoms with Crippen LogP contribution in [0, 0.1) is 0 Å². The van der Waals surface area contributed by atoms with Gasteiger partial charge in [-0.1, -0.05) is 24.3 Å². The van der Waals surface area contributed by atoms with E-state index in [0.29, 0.717) is 13.1 Å². The van der Waals surface area contributed by atoms with Gasteiger partial charge in [-0.15, -0.1) is 0 Å². The van der Waals surface area contributed by atoms with Gasteiger partial charge in [0.15, 0.2) is 0 Å². The first-order valence-electron chi connectivity index (χ1n) is 7.37. The van der Waals surface area contributed by atoms with Gasteiger partial charge in [0.2, 0.25) is 0 Å². The van der Waals surface area contributed by atoms with Crippen molar-refractivity contribution in [1.82, 2.24) is 9.88 Å². The number of benzene rings is 1. The third-order valence-corrected chi connectivity index (χ3v) is 3.45. The van der Waals surface area contributed by atoms with E-state index in [0.717, 1.165) is 30.7 Å². The molecule has 21 heavy (non-hydrogen) atoms. The number of nitrogens with zero attached hydrogens (tertiary/aromatic N) is 2. The number of nitrogens with one attached hydrogen (secondary N) is 1. The number of aliphatic hydroxyl groups excluding tert-OH is 2. The normalized spacial score (nSPS) is 11.2. The molecular weight excluding hydrogens is 266 g/mol. The van der Waals surface area contributed by atoms with Crippen LogP contribution in [0.15, 0.2) is 36.5 Å². The summed E-state index contributed by atoms with van der Waals surface area (Å²) in [7, 11) is 0. The molecule has 0 saturated heterocycles. The molecule has 0 aliphatic heterocycles. The maximum absolute atomic E-state index is 8.97. The minimum atomic E-state index is 0.123. The summed E-state index contributed by atoms with van der Waals surface area (Å²) in [4.78, 5) is 6.45. The second-order valence-corrected chi connectivity index (χ2v) is 4.95. The van der Waals surface area contributed by atoms with Gasteiger partial charge in [-0.3, -0.25) is 4.90 Å². The van der Waals surface area contributed by atoms with Crippen LogP contribution in [-0.4, -0.2) is 59.5 Å². The minimum Gasteiger partial charge on any atom is -0.395 e. The molecule has 3 N–H and O–H groups in total. The summed E-state index contributed by atoms with van der Waals surface area (Å²) < 4.78 is 0. The number of hydrogen-bond acceptors (Lipinski definition) is 5. The number of hydrogen-bond donors (Lipinski definition) is 3. The summed E-state index contributed by atoms with van der Waals surface area (Å²) in [6, 6.07) is 10.2. The van der Waals surface area contributed by atoms with E-state index in [1.165, 1.54) is 5.39 Å². The third kappa shape index (κ3) is 4.67. The zero-order valence-electron chi connectivity index (χ0n) is 12.2. The lowest BCUT2D eigenvalue weighted by Gasteiger charge is -2.20. The number of aliphatic hydroxyl groups is 2. The van der Waals surface area contributed by atoms with Gasteiger partial charge in [0.1, 0.15) is 5.82 Å². The molecule has 0 unspecified atom stereocenters. The molecule has 0 amide bonds. The van der Waals surface area contributed by atoms with Crippen LogP contribution in [0.4, 0.5) is 5.82 Å². The Bertz CT molecular complexity index is 537. The Morgan fingerprint density at radius 1 is 1.00 bits per heavy atom. The molecule has 0 fully saturated rings. The van der Waals surface area contributed by atoms with Crippen molar-refractivity contribution in [1.29, 1.82) is 0 Å². The van der Waals surface area contributed by atoms with Crippen molar-refractivity contribution in [2.24, 2.45) is 0 Å². The molecule has 5 nitrogen and oxygen atoms in total. The van der Waals surface area contributed by atoms with E-state index in [9.17, 15) is 0 Å². The van der Waals surface area contributed by atoms with Gasteiger partial charge in [-0.2, -0.15) is 0 Å². The molecule has 0 radical (unpaired) electrons. The highest BCUT2D eigenvalue weighted by Gasteiger charge is 2.04. The Labute approximate surface area is 125 Å². The van der Waals surface area contributed by atoms with Crippen molar-refractivity contribution in [3.05, 3.63) is 36.5 Å². The van der Waals surface area contributed by atoms with E-state index < -0.39 is 0 Å². The van der Waals surface area contributed by atoms with Gasteiger partial charge in [0, 0.05) is 31.2 Å². The molecule has 1 aromatic carbocycles. The number of pyridine rings is 1. The van der Waals surface area contributed by atoms with E-state index in [-0.39, 0.29) is 13.2 Å². The molecular formula is C16H23N3O2. The monoisotopic (exact) mass is 289 g/mol. The topological polar surface area (TPSA) is 68.6 Å². The highest BCUT2D eigenvalue weighted by molar-refractivity contribution is 5.91. The van der Waals surface area contributed by atoms with Gasteiger partial charge in [-0.25, -0.2) is 4.98 Å². The van der Waals surface area contributed by atoms with Crippen LogP contribution in [0.1, 0.15) is 6.42 Å². The highest BCUT2D eigenvalue weighted by Crippen LogP contribution is 2.20. The van der Waals surface area contributed by atoms with Crippen LogP contribution in [-0.2, 0) is 0 Å². The lowest BCUT2D eigenvalue weighted by molar-refractivity contribution is 0.161. The average Bonchev–Trinajstić information content (AvgIpc) is 2.52. The van der Waals surface area contributed by atoms with E-state index in [2.05, 4.69) is 27.3 Å². The van der Waals surface area contributed by atoms with E-state index in [1.54, 1.807) is 0 Å². The first-order chi connectivity index (χ1) is 10.3. The Hall–Kier alpha value is -1.69. The number of aromatic nitrogens is 1. The molecule has 2 rings (SSSR count). The SMILES string of the molecule is OCCN(CCO)CCCNc1nccc2ccccc12. The number of fused-ring (bicyclic) bond motifs is 1. The molecule has 1 aromatic heterocycles. The predicted molar refractivity (Wildman–Crippen MR) is 85.5 cm³/mol. The quantitative estimate of drug-likeness (QED) is 0.608. The summed E-state index contributed by atoms with van der Waals surface area (Å²) in [5.74, 6) is 0.906. The largest absolute Gasteiger partial charge is 0.395 e. The van der Waals surface area contributed by atoms with Gasteiger partial charge in [-0.05, 0) is 24.4 Å². The maximum Gasteiger partial charge on any atom is 0.133 e. The van der Waals surface area contributed by atoms with Crippen molar-refractivity contribution >= 4 is 16.6 Å². The second kappa shape index (κ2) is 8.56. The van der Waals surface area contributed by atoms with E-state index in [1.807, 2.05) is 24.4 Å². The van der Waals surface area contributed by atoms with E-state index >= 15 is 0 Å². The molecule has 0 atom stereocenters. The second-order valence-electron chi connectivity index (χ2n) is 4.95. The zero-order chi connectivity index (χ0) is 14.9. The maximum atomic E-state index is 8.97. The lowest BCUT2D eigenvalue weighted by Crippen LogP contribution is -2.31. The first kappa shape index (κ1) is 15.7. The Balaban J connectivity index is 1.85. The van der Waals surface area contributed by atoms with Gasteiger partial charge >= 0.3 is 0 Å². The fraction of sp³-hybridized carbons (Fsp3) is 0.438. The Kier molecular flexibility index (Phi) is 6.40. The van der Waals surface area contributed by atoms with Crippen molar-refractivity contribution in [2.45, 2.75) is 6.42 Å². The lowest BCUT2D eigenvalue weighted by atomic mass is 10.1. The molecule has 2 aromatic rings. The molecule has 1 heterocycles. The summed E-state index contributed by atoms with van der Waals surface area (Å²) in [6.07, 6.45) is 2.75. The summed E-state index contributed by atoms with van der Waals surface area (Å²) in [6.45, 7) is 3.12. The fourth-order valence-corrected chi connectivity index (χ4v) is 2.39. The van der Waals surface area contributed by atoms with Gasteiger partial charge in [0.25, 0.3) is 0 Å². The Morgan fingerprint density at radius 3 is 2.52 bits per heavy atom. The van der Waals surface area contributed by atoms with Crippen LogP contribution >= 0.6 is 0 Å². The molecule has 5 heteroatoms. The first-order valence-corrected chi connectivity index (χ1v) is 7.37. The molecule has 0 spiro atoms. The van der Waals surface area contributed by atoms with E-state index in [4.69, 9.17) is 10.2 Å². The summed E-state index contributed by atoms with van der Waals surface area (Å²) in [5.41, 5.74) is 0. The van der Waals surface area contributed by atoms with Gasteiger partial charge in [0.05, 0.1) is 13.2 Å². The molecule has 0 aliphatic rings. The highest BCUT2D eigenvalue weighted by atomic mass is 16.3. The van der Waals surface area contributed by atoms with Crippen molar-refractivity contribution in [3.63, 3.8) is 0 Å². The average molecular weight is 289 g/mol. The van der Waals surface area contributed by atoms with Crippen LogP contribution in [0.3, 0.4) is 0 Å². The summed E-state index contributed by atoms with van der Waals surface area (Å²) in [5, 5.41) is 23.6. The molecule has 0 saturated carbocycles. The smallest absolute Gasteiger partial charge is 0.133 e. The zero-order valence-corrected chi connectivity index (χ0v) is 12.2. The van der Waals surface area contributed by atoms with Crippen molar-refractivity contribution in [3.8, 4) is 0 Å². The van der Waals surface area contributed by atoms with Gasteiger partial charge < -0.3 is 15.5 Å². The third-order valence-electron chi connectivity index (χ3n) is 3.45. The standard InChI is InChI=1S/C16H23N3O2/c20-12-10-19(11-13-21)9-3-7-17-16-15-5-2-1-4-14(15)6-8-18-16/h1-2,4-6,8,20-21H,3,7,9-13H2,(H,17,18). The van der Waals surface area contributed by atoms with Crippen LogP contribution in [0.2, 0.25) is 0 Å². The number of anilines is 1. The Morgan fingerprint density at radius 2 is 1.76 bits per heavy atom. The molecule has 114 valence electrons. The van der Waals surface area contributed by atoms with Crippen LogP contribution in [0.25, 0.3) is 10.8 Å². The fourth-order valence-electron chi connectivity index (χ4n) is 2.39. The molecule has 0 bridgehead atoms. The van der Waals surface area contributed by atoms with Crippen LogP contribution in [0.5, 0.6) is 0 Å².